The van der Waals surface area contributed by atoms with E-state index in [1.165, 1.54) is 25.7 Å². The summed E-state index contributed by atoms with van der Waals surface area (Å²) in [7, 11) is 0. The molecule has 0 saturated carbocycles. The Morgan fingerprint density at radius 2 is 1.16 bits per heavy atom. The standard InChI is InChI=1S/C20H40N2O3/c1-5-9-11-17(7-3)13-21-19(23)15-25-16-20(24)22-14-18(8-4)12-10-6-2/h17-18H,5-16H2,1-4H3,(H,21,23)(H,22,24). The van der Waals surface area contributed by atoms with Gasteiger partial charge in [0.25, 0.3) is 0 Å². The Bertz CT molecular complexity index is 316. The summed E-state index contributed by atoms with van der Waals surface area (Å²) in [6.07, 6.45) is 9.19. The van der Waals surface area contributed by atoms with Gasteiger partial charge < -0.3 is 15.4 Å². The van der Waals surface area contributed by atoms with Crippen molar-refractivity contribution in [1.82, 2.24) is 10.6 Å². The zero-order chi connectivity index (χ0) is 18.9. The molecule has 0 aliphatic rings. The maximum absolute atomic E-state index is 11.8. The lowest BCUT2D eigenvalue weighted by Crippen LogP contribution is -2.35. The molecular weight excluding hydrogens is 316 g/mol. The summed E-state index contributed by atoms with van der Waals surface area (Å²) < 4.78 is 5.23. The van der Waals surface area contributed by atoms with Crippen LogP contribution in [0.1, 0.15) is 79.1 Å². The lowest BCUT2D eigenvalue weighted by atomic mass is 9.99. The maximum Gasteiger partial charge on any atom is 0.246 e. The summed E-state index contributed by atoms with van der Waals surface area (Å²) in [4.78, 5) is 23.6. The van der Waals surface area contributed by atoms with Gasteiger partial charge in [0.15, 0.2) is 0 Å². The summed E-state index contributed by atoms with van der Waals surface area (Å²) in [5, 5.41) is 5.81. The fourth-order valence-corrected chi connectivity index (χ4v) is 2.74. The van der Waals surface area contributed by atoms with Crippen LogP contribution < -0.4 is 10.6 Å². The highest BCUT2D eigenvalue weighted by molar-refractivity contribution is 5.79. The first-order valence-corrected chi connectivity index (χ1v) is 10.2. The van der Waals surface area contributed by atoms with E-state index in [2.05, 4.69) is 38.3 Å². The van der Waals surface area contributed by atoms with Crippen LogP contribution in [-0.2, 0) is 14.3 Å². The Morgan fingerprint density at radius 3 is 1.48 bits per heavy atom. The van der Waals surface area contributed by atoms with Crippen molar-refractivity contribution < 1.29 is 14.3 Å². The van der Waals surface area contributed by atoms with Crippen molar-refractivity contribution in [3.05, 3.63) is 0 Å². The second-order valence-corrected chi connectivity index (χ2v) is 6.93. The second-order valence-electron chi connectivity index (χ2n) is 6.93. The van der Waals surface area contributed by atoms with E-state index in [9.17, 15) is 9.59 Å². The average Bonchev–Trinajstić information content (AvgIpc) is 2.62. The van der Waals surface area contributed by atoms with Crippen molar-refractivity contribution in [3.63, 3.8) is 0 Å². The molecule has 25 heavy (non-hydrogen) atoms. The van der Waals surface area contributed by atoms with Gasteiger partial charge in [-0.2, -0.15) is 0 Å². The molecule has 0 aromatic carbocycles. The number of amides is 2. The average molecular weight is 357 g/mol. The number of nitrogens with one attached hydrogen (secondary N) is 2. The lowest BCUT2D eigenvalue weighted by molar-refractivity contribution is -0.131. The van der Waals surface area contributed by atoms with Crippen molar-refractivity contribution in [2.24, 2.45) is 11.8 Å². The Hall–Kier alpha value is -1.10. The highest BCUT2D eigenvalue weighted by Crippen LogP contribution is 2.11. The lowest BCUT2D eigenvalue weighted by Gasteiger charge is -2.16. The van der Waals surface area contributed by atoms with Crippen molar-refractivity contribution in [2.45, 2.75) is 79.1 Å². The second kappa shape index (κ2) is 16.4. The molecule has 0 fully saturated rings. The Morgan fingerprint density at radius 1 is 0.760 bits per heavy atom. The molecule has 2 N–H and O–H groups in total. The molecule has 0 aliphatic carbocycles. The maximum atomic E-state index is 11.8. The molecule has 5 heteroatoms. The van der Waals surface area contributed by atoms with E-state index in [-0.39, 0.29) is 25.0 Å². The summed E-state index contributed by atoms with van der Waals surface area (Å²) in [5.74, 6) is 0.775. The van der Waals surface area contributed by atoms with Crippen LogP contribution in [0.2, 0.25) is 0 Å². The molecule has 0 aromatic heterocycles. The van der Waals surface area contributed by atoms with Crippen LogP contribution in [0.3, 0.4) is 0 Å². The molecule has 0 radical (unpaired) electrons. The van der Waals surface area contributed by atoms with E-state index in [1.807, 2.05) is 0 Å². The minimum absolute atomic E-state index is 0.0509. The van der Waals surface area contributed by atoms with Crippen molar-refractivity contribution >= 4 is 11.8 Å². The van der Waals surface area contributed by atoms with Gasteiger partial charge in [-0.3, -0.25) is 9.59 Å². The summed E-state index contributed by atoms with van der Waals surface area (Å²) in [6.45, 7) is 9.94. The van der Waals surface area contributed by atoms with E-state index >= 15 is 0 Å². The van der Waals surface area contributed by atoms with Gasteiger partial charge in [0, 0.05) is 13.1 Å². The molecule has 0 saturated heterocycles. The van der Waals surface area contributed by atoms with Gasteiger partial charge in [-0.1, -0.05) is 66.2 Å². The van der Waals surface area contributed by atoms with Gasteiger partial charge in [-0.25, -0.2) is 0 Å². The third-order valence-electron chi connectivity index (χ3n) is 4.73. The largest absolute Gasteiger partial charge is 0.362 e. The topological polar surface area (TPSA) is 67.4 Å². The van der Waals surface area contributed by atoms with Crippen molar-refractivity contribution in [1.29, 1.82) is 0 Å². The highest BCUT2D eigenvalue weighted by Gasteiger charge is 2.11. The predicted octanol–water partition coefficient (Wildman–Crippen LogP) is 3.67. The van der Waals surface area contributed by atoms with E-state index in [0.717, 1.165) is 25.7 Å². The van der Waals surface area contributed by atoms with Crippen LogP contribution in [-0.4, -0.2) is 38.1 Å². The van der Waals surface area contributed by atoms with Crippen molar-refractivity contribution in [3.8, 4) is 0 Å². The third-order valence-corrected chi connectivity index (χ3v) is 4.73. The molecular formula is C20H40N2O3. The van der Waals surface area contributed by atoms with Crippen LogP contribution in [0.25, 0.3) is 0 Å². The van der Waals surface area contributed by atoms with Crippen LogP contribution in [0, 0.1) is 11.8 Å². The predicted molar refractivity (Wildman–Crippen MR) is 103 cm³/mol. The number of carbonyl (C=O) groups is 2. The molecule has 0 bridgehead atoms. The van der Waals surface area contributed by atoms with Crippen LogP contribution in [0.15, 0.2) is 0 Å². The van der Waals surface area contributed by atoms with Gasteiger partial charge in [0.1, 0.15) is 13.2 Å². The summed E-state index contributed by atoms with van der Waals surface area (Å²) in [6, 6.07) is 0. The van der Waals surface area contributed by atoms with Crippen molar-refractivity contribution in [2.75, 3.05) is 26.3 Å². The third kappa shape index (κ3) is 13.8. The molecule has 5 nitrogen and oxygen atoms in total. The van der Waals surface area contributed by atoms with E-state index in [0.29, 0.717) is 24.9 Å². The number of rotatable bonds is 16. The number of ether oxygens (including phenoxy) is 1. The fourth-order valence-electron chi connectivity index (χ4n) is 2.74. The number of carbonyl (C=O) groups excluding carboxylic acids is 2. The molecule has 0 rings (SSSR count). The fraction of sp³-hybridized carbons (Fsp3) is 0.900. The Labute approximate surface area is 154 Å². The summed E-state index contributed by atoms with van der Waals surface area (Å²) >= 11 is 0. The van der Waals surface area contributed by atoms with Gasteiger partial charge in [-0.15, -0.1) is 0 Å². The van der Waals surface area contributed by atoms with Gasteiger partial charge >= 0.3 is 0 Å². The van der Waals surface area contributed by atoms with Crippen LogP contribution in [0.4, 0.5) is 0 Å². The first kappa shape index (κ1) is 23.9. The first-order valence-electron chi connectivity index (χ1n) is 10.2. The smallest absolute Gasteiger partial charge is 0.246 e. The molecule has 0 spiro atoms. The van der Waals surface area contributed by atoms with Gasteiger partial charge in [0.2, 0.25) is 11.8 Å². The Balaban J connectivity index is 3.79. The number of hydrogen-bond donors (Lipinski definition) is 2. The minimum atomic E-state index is -0.142. The highest BCUT2D eigenvalue weighted by atomic mass is 16.5. The quantitative estimate of drug-likeness (QED) is 0.443. The minimum Gasteiger partial charge on any atom is -0.362 e. The normalized spacial score (nSPS) is 13.3. The molecule has 0 aromatic rings. The number of unbranched alkanes of at least 4 members (excludes halogenated alkanes) is 2. The molecule has 0 heterocycles. The van der Waals surface area contributed by atoms with Crippen LogP contribution in [0.5, 0.6) is 0 Å². The van der Waals surface area contributed by atoms with E-state index in [1.54, 1.807) is 0 Å². The van der Waals surface area contributed by atoms with Gasteiger partial charge in [-0.05, 0) is 24.7 Å². The molecule has 0 aliphatic heterocycles. The summed E-state index contributed by atoms with van der Waals surface area (Å²) in [5.41, 5.74) is 0. The molecule has 2 amide bonds. The van der Waals surface area contributed by atoms with Gasteiger partial charge in [0.05, 0.1) is 0 Å². The molecule has 2 unspecified atom stereocenters. The zero-order valence-corrected chi connectivity index (χ0v) is 16.9. The molecule has 148 valence electrons. The number of hydrogen-bond acceptors (Lipinski definition) is 3. The Kier molecular flexibility index (Phi) is 15.7. The van der Waals surface area contributed by atoms with E-state index < -0.39 is 0 Å². The van der Waals surface area contributed by atoms with Crippen LogP contribution >= 0.6 is 0 Å². The zero-order valence-electron chi connectivity index (χ0n) is 16.9. The monoisotopic (exact) mass is 356 g/mol. The van der Waals surface area contributed by atoms with E-state index in [4.69, 9.17) is 4.74 Å². The first-order chi connectivity index (χ1) is 12.1. The SMILES string of the molecule is CCCCC(CC)CNC(=O)COCC(=O)NCC(CC)CCCC. The molecule has 2 atom stereocenters.